The number of sulfonamides is 1. The fourth-order valence-corrected chi connectivity index (χ4v) is 3.64. The van der Waals surface area contributed by atoms with Crippen LogP contribution in [0.4, 0.5) is 0 Å². The summed E-state index contributed by atoms with van der Waals surface area (Å²) in [6, 6.07) is 6.69. The highest BCUT2D eigenvalue weighted by molar-refractivity contribution is 7.89. The van der Waals surface area contributed by atoms with Gasteiger partial charge in [-0.05, 0) is 38.5 Å². The summed E-state index contributed by atoms with van der Waals surface area (Å²) in [4.78, 5) is 4.23. The van der Waals surface area contributed by atoms with Crippen LogP contribution in [0.15, 0.2) is 29.2 Å². The van der Waals surface area contributed by atoms with Crippen LogP contribution in [0.5, 0.6) is 0 Å². The number of para-hydroxylation sites is 1. The van der Waals surface area contributed by atoms with Crippen LogP contribution < -0.4 is 4.72 Å². The third-order valence-corrected chi connectivity index (χ3v) is 5.15. The van der Waals surface area contributed by atoms with Gasteiger partial charge in [0, 0.05) is 5.39 Å². The molecule has 0 fully saturated rings. The first-order chi connectivity index (χ1) is 9.66. The molecule has 0 spiro atoms. The molecule has 21 heavy (non-hydrogen) atoms. The fourth-order valence-electron chi connectivity index (χ4n) is 1.92. The van der Waals surface area contributed by atoms with Crippen LogP contribution in [0.3, 0.4) is 0 Å². The second-order valence-corrected chi connectivity index (χ2v) is 7.58. The van der Waals surface area contributed by atoms with Gasteiger partial charge in [0.15, 0.2) is 0 Å². The summed E-state index contributed by atoms with van der Waals surface area (Å²) in [6.45, 7) is 4.69. The van der Waals surface area contributed by atoms with E-state index in [1.165, 1.54) is 6.07 Å². The topological polar surface area (TPSA) is 79.3 Å². The van der Waals surface area contributed by atoms with E-state index in [0.717, 1.165) is 5.56 Å². The third kappa shape index (κ3) is 3.35. The number of aliphatic hydroxyl groups excluding tert-OH is 1. The molecule has 0 aliphatic rings. The molecule has 0 radical (unpaired) electrons. The Morgan fingerprint density at radius 1 is 1.38 bits per heavy atom. The Morgan fingerprint density at radius 2 is 2.05 bits per heavy atom. The minimum Gasteiger partial charge on any atom is -0.394 e. The van der Waals surface area contributed by atoms with Crippen molar-refractivity contribution in [2.24, 2.45) is 0 Å². The predicted octanol–water partition coefficient (Wildman–Crippen LogP) is 2.25. The van der Waals surface area contributed by atoms with Crippen LogP contribution >= 0.6 is 11.6 Å². The average molecular weight is 329 g/mol. The van der Waals surface area contributed by atoms with Gasteiger partial charge in [-0.3, -0.25) is 0 Å². The molecule has 5 nitrogen and oxygen atoms in total. The Hall–Kier alpha value is -1.21. The number of fused-ring (bicyclic) bond motifs is 1. The molecule has 0 saturated heterocycles. The number of benzene rings is 1. The van der Waals surface area contributed by atoms with Gasteiger partial charge in [0.05, 0.1) is 17.7 Å². The number of aliphatic hydroxyl groups is 1. The van der Waals surface area contributed by atoms with E-state index in [-0.39, 0.29) is 16.7 Å². The average Bonchev–Trinajstić information content (AvgIpc) is 2.38. The zero-order valence-electron chi connectivity index (χ0n) is 12.0. The number of aryl methyl sites for hydroxylation is 1. The maximum atomic E-state index is 12.5. The van der Waals surface area contributed by atoms with Crippen LogP contribution in [0.25, 0.3) is 10.9 Å². The van der Waals surface area contributed by atoms with E-state index in [4.69, 9.17) is 11.6 Å². The molecule has 2 N–H and O–H groups in total. The van der Waals surface area contributed by atoms with Crippen LogP contribution in [0.1, 0.15) is 19.4 Å². The van der Waals surface area contributed by atoms with E-state index < -0.39 is 15.6 Å². The van der Waals surface area contributed by atoms with Gasteiger partial charge in [0.25, 0.3) is 0 Å². The molecular formula is C14H17ClN2O3S. The summed E-state index contributed by atoms with van der Waals surface area (Å²) in [5, 5.41) is 10.2. The summed E-state index contributed by atoms with van der Waals surface area (Å²) in [7, 11) is -3.82. The molecule has 2 rings (SSSR count). The van der Waals surface area contributed by atoms with Crippen molar-refractivity contribution in [3.05, 3.63) is 35.0 Å². The molecule has 2 aromatic rings. The Morgan fingerprint density at radius 3 is 2.67 bits per heavy atom. The van der Waals surface area contributed by atoms with Gasteiger partial charge in [0.1, 0.15) is 10.0 Å². The quantitative estimate of drug-likeness (QED) is 0.844. The lowest BCUT2D eigenvalue weighted by Crippen LogP contribution is -2.46. The van der Waals surface area contributed by atoms with Crippen molar-refractivity contribution in [2.45, 2.75) is 31.2 Å². The second-order valence-electron chi connectivity index (χ2n) is 5.57. The molecule has 1 aromatic carbocycles. The number of halogens is 1. The highest BCUT2D eigenvalue weighted by Gasteiger charge is 2.27. The van der Waals surface area contributed by atoms with Gasteiger partial charge in [0.2, 0.25) is 10.0 Å². The lowest BCUT2D eigenvalue weighted by Gasteiger charge is -2.23. The van der Waals surface area contributed by atoms with Gasteiger partial charge in [-0.15, -0.1) is 0 Å². The van der Waals surface area contributed by atoms with Crippen LogP contribution in [0.2, 0.25) is 5.15 Å². The number of rotatable bonds is 4. The zero-order chi connectivity index (χ0) is 15.8. The molecule has 7 heteroatoms. The SMILES string of the molecule is Cc1cc2cccc(S(=O)(=O)NC(C)(C)CO)c2nc1Cl. The fraction of sp³-hybridized carbons (Fsp3) is 0.357. The van der Waals surface area contributed by atoms with E-state index in [9.17, 15) is 13.5 Å². The summed E-state index contributed by atoms with van der Waals surface area (Å²) in [5.41, 5.74) is 0.131. The van der Waals surface area contributed by atoms with Gasteiger partial charge in [-0.25, -0.2) is 18.1 Å². The number of pyridine rings is 1. The molecule has 1 aromatic heterocycles. The number of hydrogen-bond donors (Lipinski definition) is 2. The first-order valence-corrected chi connectivity index (χ1v) is 8.23. The lowest BCUT2D eigenvalue weighted by atomic mass is 10.1. The number of nitrogens with one attached hydrogen (secondary N) is 1. The molecule has 0 unspecified atom stereocenters. The van der Waals surface area contributed by atoms with Crippen molar-refractivity contribution >= 4 is 32.5 Å². The molecule has 0 saturated carbocycles. The first-order valence-electron chi connectivity index (χ1n) is 6.37. The van der Waals surface area contributed by atoms with Crippen molar-refractivity contribution in [1.82, 2.24) is 9.71 Å². The Bertz CT molecular complexity index is 788. The van der Waals surface area contributed by atoms with Gasteiger partial charge < -0.3 is 5.11 Å². The van der Waals surface area contributed by atoms with Crippen molar-refractivity contribution in [2.75, 3.05) is 6.61 Å². The standard InChI is InChI=1S/C14H17ClN2O3S/c1-9-7-10-5-4-6-11(12(10)16-13(9)15)21(19,20)17-14(2,3)8-18/h4-7,17-18H,8H2,1-3H3. The van der Waals surface area contributed by atoms with Gasteiger partial charge in [-0.1, -0.05) is 23.7 Å². The van der Waals surface area contributed by atoms with Crippen molar-refractivity contribution in [3.8, 4) is 0 Å². The number of hydrogen-bond acceptors (Lipinski definition) is 4. The molecule has 114 valence electrons. The molecular weight excluding hydrogens is 312 g/mol. The van der Waals surface area contributed by atoms with Crippen LogP contribution in [0, 0.1) is 6.92 Å². The van der Waals surface area contributed by atoms with Crippen LogP contribution in [-0.2, 0) is 10.0 Å². The lowest BCUT2D eigenvalue weighted by molar-refractivity contribution is 0.208. The summed E-state index contributed by atoms with van der Waals surface area (Å²) >= 11 is 6.00. The van der Waals surface area contributed by atoms with Gasteiger partial charge >= 0.3 is 0 Å². The molecule has 0 atom stereocenters. The summed E-state index contributed by atoms with van der Waals surface area (Å²) in [5.74, 6) is 0. The molecule has 0 amide bonds. The first kappa shape index (κ1) is 16.2. The highest BCUT2D eigenvalue weighted by Crippen LogP contribution is 2.26. The highest BCUT2D eigenvalue weighted by atomic mass is 35.5. The van der Waals surface area contributed by atoms with Crippen molar-refractivity contribution in [1.29, 1.82) is 0 Å². The zero-order valence-corrected chi connectivity index (χ0v) is 13.6. The Kier molecular flexibility index (Phi) is 4.26. The maximum Gasteiger partial charge on any atom is 0.243 e. The third-order valence-electron chi connectivity index (χ3n) is 3.03. The van der Waals surface area contributed by atoms with E-state index in [1.54, 1.807) is 32.0 Å². The van der Waals surface area contributed by atoms with Crippen molar-refractivity contribution < 1.29 is 13.5 Å². The smallest absolute Gasteiger partial charge is 0.243 e. The van der Waals surface area contributed by atoms with Crippen molar-refractivity contribution in [3.63, 3.8) is 0 Å². The summed E-state index contributed by atoms with van der Waals surface area (Å²) < 4.78 is 27.5. The second kappa shape index (κ2) is 5.53. The van der Waals surface area contributed by atoms with Crippen LogP contribution in [-0.4, -0.2) is 30.7 Å². The van der Waals surface area contributed by atoms with E-state index in [2.05, 4.69) is 9.71 Å². The summed E-state index contributed by atoms with van der Waals surface area (Å²) in [6.07, 6.45) is 0. The number of aromatic nitrogens is 1. The molecule has 1 heterocycles. The molecule has 0 bridgehead atoms. The predicted molar refractivity (Wildman–Crippen MR) is 83.0 cm³/mol. The monoisotopic (exact) mass is 328 g/mol. The molecule has 0 aliphatic carbocycles. The normalized spacial score (nSPS) is 12.8. The number of nitrogens with zero attached hydrogens (tertiary/aromatic N) is 1. The Balaban J connectivity index is 2.64. The minimum absolute atomic E-state index is 0.0448. The van der Waals surface area contributed by atoms with E-state index in [1.807, 2.05) is 6.92 Å². The van der Waals surface area contributed by atoms with Gasteiger partial charge in [-0.2, -0.15) is 0 Å². The maximum absolute atomic E-state index is 12.5. The Labute approximate surface area is 129 Å². The largest absolute Gasteiger partial charge is 0.394 e. The van der Waals surface area contributed by atoms with E-state index in [0.29, 0.717) is 10.9 Å². The minimum atomic E-state index is -3.82. The van der Waals surface area contributed by atoms with E-state index >= 15 is 0 Å². The molecule has 0 aliphatic heterocycles.